The molecule has 0 spiro atoms. The quantitative estimate of drug-likeness (QED) is 0.820. The Labute approximate surface area is 116 Å². The number of halogens is 1. The van der Waals surface area contributed by atoms with Crippen LogP contribution in [0.1, 0.15) is 11.4 Å². The van der Waals surface area contributed by atoms with Crippen LogP contribution >= 0.6 is 11.6 Å². The smallest absolute Gasteiger partial charge is 0.312 e. The topological polar surface area (TPSA) is 72.9 Å². The predicted octanol–water partition coefficient (Wildman–Crippen LogP) is 1.79. The Morgan fingerprint density at radius 2 is 2.32 bits per heavy atom. The van der Waals surface area contributed by atoms with Gasteiger partial charge in [-0.25, -0.2) is 9.78 Å². The molecule has 2 amide bonds. The summed E-state index contributed by atoms with van der Waals surface area (Å²) >= 11 is 5.81. The number of hydrogen-bond acceptors (Lipinski definition) is 2. The molecular formula is C13H17ClN4O. The fourth-order valence-electron chi connectivity index (χ4n) is 2.11. The second-order valence-electron chi connectivity index (χ2n) is 4.40. The lowest BCUT2D eigenvalue weighted by Crippen LogP contribution is -2.32. The summed E-state index contributed by atoms with van der Waals surface area (Å²) in [4.78, 5) is 15.3. The summed E-state index contributed by atoms with van der Waals surface area (Å²) in [7, 11) is 0. The van der Waals surface area contributed by atoms with Gasteiger partial charge in [-0.1, -0.05) is 6.07 Å². The first-order valence-corrected chi connectivity index (χ1v) is 6.70. The number of rotatable bonds is 5. The zero-order chi connectivity index (χ0) is 13.8. The van der Waals surface area contributed by atoms with Crippen molar-refractivity contribution in [2.75, 3.05) is 12.4 Å². The Kier molecular flexibility index (Phi) is 4.27. The van der Waals surface area contributed by atoms with Gasteiger partial charge in [-0.2, -0.15) is 0 Å². The van der Waals surface area contributed by atoms with E-state index in [0.29, 0.717) is 25.4 Å². The van der Waals surface area contributed by atoms with Crippen molar-refractivity contribution in [3.8, 4) is 0 Å². The molecule has 1 heterocycles. The third-order valence-electron chi connectivity index (χ3n) is 2.94. The zero-order valence-corrected chi connectivity index (χ0v) is 11.6. The predicted molar refractivity (Wildman–Crippen MR) is 76.5 cm³/mol. The maximum absolute atomic E-state index is 10.7. The number of carbonyl (C=O) groups is 1. The van der Waals surface area contributed by atoms with Crippen molar-refractivity contribution in [3.05, 3.63) is 29.6 Å². The fraction of sp³-hybridized carbons (Fsp3) is 0.385. The molecule has 5 nitrogen and oxygen atoms in total. The Balaban J connectivity index is 2.31. The van der Waals surface area contributed by atoms with E-state index in [1.807, 2.05) is 25.1 Å². The molecule has 0 bridgehead atoms. The lowest BCUT2D eigenvalue weighted by Gasteiger charge is -2.08. The van der Waals surface area contributed by atoms with E-state index < -0.39 is 6.03 Å². The highest BCUT2D eigenvalue weighted by Gasteiger charge is 2.10. The standard InChI is InChI=1S/C13H17ClN4O/c1-9-2-3-11-10(8-9)17-12(4-5-14)18(11)7-6-16-13(15)19/h2-3,8H,4-7H2,1H3,(H3,15,16,19). The van der Waals surface area contributed by atoms with E-state index in [4.69, 9.17) is 17.3 Å². The van der Waals surface area contributed by atoms with Crippen molar-refractivity contribution >= 4 is 28.7 Å². The van der Waals surface area contributed by atoms with Crippen LogP contribution in [0.2, 0.25) is 0 Å². The maximum Gasteiger partial charge on any atom is 0.312 e. The third kappa shape index (κ3) is 3.17. The number of amides is 2. The van der Waals surface area contributed by atoms with Gasteiger partial charge in [-0.15, -0.1) is 11.6 Å². The average Bonchev–Trinajstić information content (AvgIpc) is 2.66. The molecule has 0 aliphatic rings. The van der Waals surface area contributed by atoms with Gasteiger partial charge in [0.25, 0.3) is 0 Å². The number of urea groups is 1. The van der Waals surface area contributed by atoms with E-state index >= 15 is 0 Å². The van der Waals surface area contributed by atoms with Gasteiger partial charge >= 0.3 is 6.03 Å². The Hall–Kier alpha value is -1.75. The lowest BCUT2D eigenvalue weighted by atomic mass is 10.2. The molecule has 102 valence electrons. The fourth-order valence-corrected chi connectivity index (χ4v) is 2.27. The molecule has 2 rings (SSSR count). The molecule has 0 aliphatic heterocycles. The number of carbonyl (C=O) groups excluding carboxylic acids is 1. The van der Waals surface area contributed by atoms with Crippen LogP contribution in [-0.4, -0.2) is 28.0 Å². The Morgan fingerprint density at radius 1 is 1.53 bits per heavy atom. The first-order chi connectivity index (χ1) is 9.11. The average molecular weight is 281 g/mol. The number of nitrogens with zero attached hydrogens (tertiary/aromatic N) is 2. The van der Waals surface area contributed by atoms with Crippen molar-refractivity contribution in [2.45, 2.75) is 19.9 Å². The zero-order valence-electron chi connectivity index (χ0n) is 10.8. The van der Waals surface area contributed by atoms with Gasteiger partial charge < -0.3 is 15.6 Å². The summed E-state index contributed by atoms with van der Waals surface area (Å²) in [5.41, 5.74) is 8.25. The highest BCUT2D eigenvalue weighted by atomic mass is 35.5. The summed E-state index contributed by atoms with van der Waals surface area (Å²) in [6, 6.07) is 5.62. The molecule has 0 radical (unpaired) electrons. The molecule has 2 aromatic rings. The number of nitrogens with one attached hydrogen (secondary N) is 1. The summed E-state index contributed by atoms with van der Waals surface area (Å²) < 4.78 is 2.08. The summed E-state index contributed by atoms with van der Waals surface area (Å²) in [5, 5.41) is 2.59. The number of hydrogen-bond donors (Lipinski definition) is 2. The highest BCUT2D eigenvalue weighted by molar-refractivity contribution is 6.17. The van der Waals surface area contributed by atoms with Gasteiger partial charge in [0.1, 0.15) is 5.82 Å². The molecule has 0 saturated carbocycles. The number of nitrogens with two attached hydrogens (primary N) is 1. The van der Waals surface area contributed by atoms with Crippen LogP contribution in [0.5, 0.6) is 0 Å². The number of fused-ring (bicyclic) bond motifs is 1. The van der Waals surface area contributed by atoms with Crippen LogP contribution in [-0.2, 0) is 13.0 Å². The monoisotopic (exact) mass is 280 g/mol. The first-order valence-electron chi connectivity index (χ1n) is 6.17. The largest absolute Gasteiger partial charge is 0.352 e. The molecule has 0 aliphatic carbocycles. The molecular weight excluding hydrogens is 264 g/mol. The van der Waals surface area contributed by atoms with Crippen LogP contribution in [0.3, 0.4) is 0 Å². The second-order valence-corrected chi connectivity index (χ2v) is 4.78. The van der Waals surface area contributed by atoms with Crippen molar-refractivity contribution < 1.29 is 4.79 Å². The molecule has 0 unspecified atom stereocenters. The molecule has 1 aromatic heterocycles. The number of aryl methyl sites for hydroxylation is 2. The summed E-state index contributed by atoms with van der Waals surface area (Å²) in [6.07, 6.45) is 0.700. The molecule has 1 aromatic carbocycles. The Morgan fingerprint density at radius 3 is 3.00 bits per heavy atom. The molecule has 0 fully saturated rings. The van der Waals surface area contributed by atoms with Crippen LogP contribution < -0.4 is 11.1 Å². The SMILES string of the molecule is Cc1ccc2c(c1)nc(CCCl)n2CCNC(N)=O. The number of imidazole rings is 1. The molecule has 19 heavy (non-hydrogen) atoms. The number of aromatic nitrogens is 2. The van der Waals surface area contributed by atoms with Crippen molar-refractivity contribution in [2.24, 2.45) is 5.73 Å². The van der Waals surface area contributed by atoms with Gasteiger partial charge in [-0.3, -0.25) is 0 Å². The van der Waals surface area contributed by atoms with Gasteiger partial charge in [-0.05, 0) is 24.6 Å². The van der Waals surface area contributed by atoms with Crippen LogP contribution in [0, 0.1) is 6.92 Å². The number of alkyl halides is 1. The molecule has 3 N–H and O–H groups in total. The maximum atomic E-state index is 10.7. The van der Waals surface area contributed by atoms with Gasteiger partial charge in [0.15, 0.2) is 0 Å². The van der Waals surface area contributed by atoms with Crippen LogP contribution in [0.4, 0.5) is 4.79 Å². The van der Waals surface area contributed by atoms with Crippen molar-refractivity contribution in [3.63, 3.8) is 0 Å². The highest BCUT2D eigenvalue weighted by Crippen LogP contribution is 2.18. The van der Waals surface area contributed by atoms with E-state index in [-0.39, 0.29) is 0 Å². The Bertz CT molecular complexity index is 594. The molecule has 6 heteroatoms. The normalized spacial score (nSPS) is 10.8. The van der Waals surface area contributed by atoms with E-state index in [0.717, 1.165) is 16.9 Å². The molecule has 0 saturated heterocycles. The number of primary amides is 1. The van der Waals surface area contributed by atoms with Crippen molar-refractivity contribution in [1.82, 2.24) is 14.9 Å². The first kappa shape index (κ1) is 13.7. The van der Waals surface area contributed by atoms with Gasteiger partial charge in [0.2, 0.25) is 0 Å². The number of benzene rings is 1. The van der Waals surface area contributed by atoms with Crippen molar-refractivity contribution in [1.29, 1.82) is 0 Å². The van der Waals surface area contributed by atoms with Gasteiger partial charge in [0, 0.05) is 25.4 Å². The summed E-state index contributed by atoms with van der Waals surface area (Å²) in [6.45, 7) is 3.15. The van der Waals surface area contributed by atoms with Crippen LogP contribution in [0.25, 0.3) is 11.0 Å². The lowest BCUT2D eigenvalue weighted by molar-refractivity contribution is 0.248. The van der Waals surface area contributed by atoms with E-state index in [1.165, 1.54) is 5.56 Å². The second kappa shape index (κ2) is 5.93. The minimum atomic E-state index is -0.515. The third-order valence-corrected chi connectivity index (χ3v) is 3.12. The minimum absolute atomic E-state index is 0.476. The van der Waals surface area contributed by atoms with E-state index in [2.05, 4.69) is 14.9 Å². The van der Waals surface area contributed by atoms with E-state index in [1.54, 1.807) is 0 Å². The van der Waals surface area contributed by atoms with Crippen LogP contribution in [0.15, 0.2) is 18.2 Å². The molecule has 0 atom stereocenters. The summed E-state index contributed by atoms with van der Waals surface area (Å²) in [5.74, 6) is 1.45. The van der Waals surface area contributed by atoms with E-state index in [9.17, 15) is 4.79 Å². The minimum Gasteiger partial charge on any atom is -0.352 e. The van der Waals surface area contributed by atoms with Gasteiger partial charge in [0.05, 0.1) is 11.0 Å².